The maximum atomic E-state index is 12.8. The van der Waals surface area contributed by atoms with Gasteiger partial charge in [-0.25, -0.2) is 9.78 Å². The highest BCUT2D eigenvalue weighted by atomic mass is 16.2. The molecule has 1 atom stereocenters. The van der Waals surface area contributed by atoms with E-state index in [2.05, 4.69) is 29.5 Å². The minimum Gasteiger partial charge on any atom is -0.360 e. The first-order valence-corrected chi connectivity index (χ1v) is 10.5. The third-order valence-corrected chi connectivity index (χ3v) is 6.67. The zero-order valence-corrected chi connectivity index (χ0v) is 17.8. The lowest BCUT2D eigenvalue weighted by atomic mass is 9.76. The Hall–Kier alpha value is -2.58. The number of anilines is 2. The molecule has 0 radical (unpaired) electrons. The third kappa shape index (κ3) is 3.36. The number of carbonyl (C=O) groups excluding carboxylic acids is 2. The van der Waals surface area contributed by atoms with E-state index in [4.69, 9.17) is 9.97 Å². The van der Waals surface area contributed by atoms with Gasteiger partial charge in [0.15, 0.2) is 0 Å². The molecule has 1 aromatic rings. The predicted octanol–water partition coefficient (Wildman–Crippen LogP) is 0.487. The molecular formula is C20H31N7O2. The number of nitrogens with one attached hydrogen (secondary N) is 2. The van der Waals surface area contributed by atoms with Crippen molar-refractivity contribution >= 4 is 23.7 Å². The van der Waals surface area contributed by atoms with Crippen LogP contribution in [0.15, 0.2) is 0 Å². The summed E-state index contributed by atoms with van der Waals surface area (Å²) in [4.78, 5) is 40.0. The van der Waals surface area contributed by atoms with E-state index in [1.54, 1.807) is 0 Å². The maximum Gasteiger partial charge on any atom is 0.315 e. The Morgan fingerprint density at radius 1 is 1.21 bits per heavy atom. The van der Waals surface area contributed by atoms with Crippen LogP contribution in [0.5, 0.6) is 0 Å². The Morgan fingerprint density at radius 3 is 2.52 bits per heavy atom. The molecule has 2 aliphatic heterocycles. The summed E-state index contributed by atoms with van der Waals surface area (Å²) in [6, 6.07) is -0.707. The molecule has 29 heavy (non-hydrogen) atoms. The molecule has 0 bridgehead atoms. The molecule has 3 amide bonds. The first-order chi connectivity index (χ1) is 13.8. The maximum absolute atomic E-state index is 12.8. The number of aromatic nitrogens is 2. The van der Waals surface area contributed by atoms with Gasteiger partial charge in [-0.1, -0.05) is 0 Å². The lowest BCUT2D eigenvalue weighted by molar-refractivity contribution is -0.134. The SMILES string of the molecule is CCN(C)c1nc(N(C)C)nc2c1CCC21CCN(C(=O)C2CNC(=O)N2)CC1. The highest BCUT2D eigenvalue weighted by Crippen LogP contribution is 2.48. The molecule has 0 aromatic carbocycles. The lowest BCUT2D eigenvalue weighted by Gasteiger charge is -2.40. The first kappa shape index (κ1) is 19.7. The number of piperidine rings is 1. The van der Waals surface area contributed by atoms with Crippen molar-refractivity contribution in [2.45, 2.75) is 44.1 Å². The average molecular weight is 402 g/mol. The van der Waals surface area contributed by atoms with Crippen LogP contribution in [0, 0.1) is 0 Å². The van der Waals surface area contributed by atoms with Crippen molar-refractivity contribution in [3.05, 3.63) is 11.3 Å². The van der Waals surface area contributed by atoms with Crippen LogP contribution in [0.1, 0.15) is 37.4 Å². The Morgan fingerprint density at radius 2 is 1.93 bits per heavy atom. The van der Waals surface area contributed by atoms with Gasteiger partial charge in [-0.15, -0.1) is 0 Å². The van der Waals surface area contributed by atoms with Crippen molar-refractivity contribution in [1.29, 1.82) is 0 Å². The number of hydrogen-bond donors (Lipinski definition) is 2. The second kappa shape index (κ2) is 7.35. The molecule has 9 heteroatoms. The summed E-state index contributed by atoms with van der Waals surface area (Å²) < 4.78 is 0. The van der Waals surface area contributed by atoms with Crippen molar-refractivity contribution < 1.29 is 9.59 Å². The molecule has 3 aliphatic rings. The van der Waals surface area contributed by atoms with E-state index in [-0.39, 0.29) is 17.4 Å². The van der Waals surface area contributed by atoms with E-state index in [9.17, 15) is 9.59 Å². The highest BCUT2D eigenvalue weighted by Gasteiger charge is 2.46. The number of likely N-dealkylation sites (tertiary alicyclic amines) is 1. The first-order valence-electron chi connectivity index (χ1n) is 10.5. The van der Waals surface area contributed by atoms with E-state index in [1.165, 1.54) is 11.3 Å². The Bertz CT molecular complexity index is 817. The van der Waals surface area contributed by atoms with Gasteiger partial charge in [0.05, 0.1) is 5.69 Å². The van der Waals surface area contributed by atoms with Crippen molar-refractivity contribution in [2.75, 3.05) is 57.1 Å². The standard InChI is InChI=1S/C20H31N7O2/c1-5-26(4)16-13-6-7-20(15(13)23-18(24-16)25(2)3)8-10-27(11-9-20)17(28)14-12-21-19(29)22-14/h14H,5-12H2,1-4H3,(H2,21,22,29). The second-order valence-electron chi connectivity index (χ2n) is 8.60. The highest BCUT2D eigenvalue weighted by molar-refractivity contribution is 5.90. The van der Waals surface area contributed by atoms with Crippen LogP contribution < -0.4 is 20.4 Å². The number of urea groups is 1. The fourth-order valence-electron chi connectivity index (χ4n) is 4.74. The van der Waals surface area contributed by atoms with Gasteiger partial charge in [0.25, 0.3) is 0 Å². The van der Waals surface area contributed by atoms with Gasteiger partial charge < -0.3 is 25.3 Å². The molecular weight excluding hydrogens is 370 g/mol. The fourth-order valence-corrected chi connectivity index (χ4v) is 4.74. The molecule has 158 valence electrons. The number of fused-ring (bicyclic) bond motifs is 2. The van der Waals surface area contributed by atoms with Crippen molar-refractivity contribution in [1.82, 2.24) is 25.5 Å². The van der Waals surface area contributed by atoms with Gasteiger partial charge in [-0.3, -0.25) is 4.79 Å². The largest absolute Gasteiger partial charge is 0.360 e. The summed E-state index contributed by atoms with van der Waals surface area (Å²) in [6.45, 7) is 4.80. The molecule has 0 saturated carbocycles. The summed E-state index contributed by atoms with van der Waals surface area (Å²) >= 11 is 0. The normalized spacial score (nSPS) is 22.3. The quantitative estimate of drug-likeness (QED) is 0.763. The van der Waals surface area contributed by atoms with Gasteiger partial charge in [0.1, 0.15) is 11.9 Å². The average Bonchev–Trinajstić information content (AvgIpc) is 3.31. The van der Waals surface area contributed by atoms with Crippen LogP contribution in [0.4, 0.5) is 16.6 Å². The van der Waals surface area contributed by atoms with Crippen LogP contribution in [0.25, 0.3) is 0 Å². The summed E-state index contributed by atoms with van der Waals surface area (Å²) in [5.74, 6) is 1.80. The molecule has 1 aliphatic carbocycles. The number of carbonyl (C=O) groups is 2. The van der Waals surface area contributed by atoms with Crippen LogP contribution in [-0.4, -0.2) is 80.2 Å². The molecule has 4 rings (SSSR count). The Labute approximate surface area is 171 Å². The van der Waals surface area contributed by atoms with Gasteiger partial charge in [0, 0.05) is 58.3 Å². The summed E-state index contributed by atoms with van der Waals surface area (Å²) in [6.07, 6.45) is 3.85. The number of hydrogen-bond acceptors (Lipinski definition) is 6. The number of amides is 3. The second-order valence-corrected chi connectivity index (χ2v) is 8.60. The van der Waals surface area contributed by atoms with Gasteiger partial charge >= 0.3 is 6.03 Å². The van der Waals surface area contributed by atoms with Crippen molar-refractivity contribution in [3.63, 3.8) is 0 Å². The van der Waals surface area contributed by atoms with E-state index >= 15 is 0 Å². The lowest BCUT2D eigenvalue weighted by Crippen LogP contribution is -2.51. The monoisotopic (exact) mass is 401 g/mol. The molecule has 2 fully saturated rings. The van der Waals surface area contributed by atoms with E-state index in [0.29, 0.717) is 19.6 Å². The summed E-state index contributed by atoms with van der Waals surface area (Å²) in [5, 5.41) is 5.37. The van der Waals surface area contributed by atoms with Crippen LogP contribution >= 0.6 is 0 Å². The van der Waals surface area contributed by atoms with Crippen molar-refractivity contribution in [3.8, 4) is 0 Å². The van der Waals surface area contributed by atoms with E-state index < -0.39 is 6.04 Å². The third-order valence-electron chi connectivity index (χ3n) is 6.67. The molecule has 1 unspecified atom stereocenters. The summed E-state index contributed by atoms with van der Waals surface area (Å²) in [5.41, 5.74) is 2.46. The van der Waals surface area contributed by atoms with Gasteiger partial charge in [0.2, 0.25) is 11.9 Å². The molecule has 2 saturated heterocycles. The molecule has 2 N–H and O–H groups in total. The fraction of sp³-hybridized carbons (Fsp3) is 0.700. The zero-order chi connectivity index (χ0) is 20.8. The van der Waals surface area contributed by atoms with Crippen LogP contribution in [-0.2, 0) is 16.6 Å². The molecule has 9 nitrogen and oxygen atoms in total. The molecule has 3 heterocycles. The minimum absolute atomic E-state index is 0.0134. The van der Waals surface area contributed by atoms with Gasteiger partial charge in [-0.05, 0) is 32.6 Å². The Balaban J connectivity index is 1.57. The number of rotatable bonds is 4. The summed E-state index contributed by atoms with van der Waals surface area (Å²) in [7, 11) is 6.03. The smallest absolute Gasteiger partial charge is 0.315 e. The molecule has 1 spiro atoms. The zero-order valence-electron chi connectivity index (χ0n) is 17.8. The van der Waals surface area contributed by atoms with Crippen LogP contribution in [0.2, 0.25) is 0 Å². The number of nitrogens with zero attached hydrogens (tertiary/aromatic N) is 5. The topological polar surface area (TPSA) is 93.7 Å². The minimum atomic E-state index is -0.445. The van der Waals surface area contributed by atoms with E-state index in [0.717, 1.165) is 44.0 Å². The van der Waals surface area contributed by atoms with Gasteiger partial charge in [-0.2, -0.15) is 4.98 Å². The van der Waals surface area contributed by atoms with Crippen LogP contribution in [0.3, 0.4) is 0 Å². The van der Waals surface area contributed by atoms with E-state index in [1.807, 2.05) is 23.9 Å². The van der Waals surface area contributed by atoms with Crippen molar-refractivity contribution in [2.24, 2.45) is 0 Å². The predicted molar refractivity (Wildman–Crippen MR) is 111 cm³/mol. The Kier molecular flexibility index (Phi) is 5.00. The molecule has 1 aromatic heterocycles.